The summed E-state index contributed by atoms with van der Waals surface area (Å²) in [6.45, 7) is 11.2. The first-order valence-corrected chi connectivity index (χ1v) is 6.84. The minimum absolute atomic E-state index is 0.132. The molecule has 0 atom stereocenters. The highest BCUT2D eigenvalue weighted by atomic mass is 16.4. The molecule has 0 unspecified atom stereocenters. The summed E-state index contributed by atoms with van der Waals surface area (Å²) in [6.07, 6.45) is 1.99. The van der Waals surface area contributed by atoms with Gasteiger partial charge in [-0.15, -0.1) is 0 Å². The Bertz CT molecular complexity index is 396. The minimum Gasteiger partial charge on any atom is -0.478 e. The Labute approximate surface area is 115 Å². The van der Waals surface area contributed by atoms with Gasteiger partial charge in [0.2, 0.25) is 5.91 Å². The molecule has 1 amide bonds. The zero-order valence-electron chi connectivity index (χ0n) is 12.6. The maximum atomic E-state index is 12.2. The smallest absolute Gasteiger partial charge is 0.331 e. The molecule has 0 bridgehead atoms. The predicted octanol–water partition coefficient (Wildman–Crippen LogP) is 2.69. The minimum atomic E-state index is -1.02. The fourth-order valence-electron chi connectivity index (χ4n) is 2.51. The highest BCUT2D eigenvalue weighted by Crippen LogP contribution is 2.34. The molecule has 0 aliphatic carbocycles. The Hall–Kier alpha value is -1.32. The number of carboxylic acids is 1. The summed E-state index contributed by atoms with van der Waals surface area (Å²) < 4.78 is 0. The van der Waals surface area contributed by atoms with Gasteiger partial charge in [-0.1, -0.05) is 20.8 Å². The van der Waals surface area contributed by atoms with Crippen LogP contribution < -0.4 is 0 Å². The van der Waals surface area contributed by atoms with Gasteiger partial charge in [-0.05, 0) is 38.0 Å². The topological polar surface area (TPSA) is 57.6 Å². The molecule has 0 aromatic rings. The molecule has 0 radical (unpaired) electrons. The first-order chi connectivity index (χ1) is 8.64. The molecule has 108 valence electrons. The van der Waals surface area contributed by atoms with E-state index < -0.39 is 5.97 Å². The van der Waals surface area contributed by atoms with Crippen molar-refractivity contribution >= 4 is 11.9 Å². The van der Waals surface area contributed by atoms with Gasteiger partial charge in [0, 0.05) is 24.2 Å². The van der Waals surface area contributed by atoms with E-state index in [1.54, 1.807) is 11.8 Å². The molecule has 4 heteroatoms. The van der Waals surface area contributed by atoms with Crippen LogP contribution in [0, 0.1) is 11.3 Å². The lowest BCUT2D eigenvalue weighted by Crippen LogP contribution is -2.42. The quantitative estimate of drug-likeness (QED) is 0.783. The van der Waals surface area contributed by atoms with E-state index in [1.165, 1.54) is 6.92 Å². The van der Waals surface area contributed by atoms with Crippen LogP contribution in [0.1, 0.15) is 47.5 Å². The van der Waals surface area contributed by atoms with Crippen LogP contribution in [-0.2, 0) is 9.59 Å². The van der Waals surface area contributed by atoms with Gasteiger partial charge >= 0.3 is 5.97 Å². The van der Waals surface area contributed by atoms with Crippen LogP contribution in [0.25, 0.3) is 0 Å². The summed E-state index contributed by atoms with van der Waals surface area (Å²) in [5.74, 6) is -0.524. The van der Waals surface area contributed by atoms with Gasteiger partial charge in [0.1, 0.15) is 0 Å². The SMILES string of the molecule is CC(C(=O)O)=C(C)C(=O)N1CCC(C(C)(C)C)CC1. The van der Waals surface area contributed by atoms with Gasteiger partial charge in [-0.25, -0.2) is 4.79 Å². The van der Waals surface area contributed by atoms with Crippen molar-refractivity contribution in [3.8, 4) is 0 Å². The fraction of sp³-hybridized carbons (Fsp3) is 0.733. The lowest BCUT2D eigenvalue weighted by molar-refractivity contribution is -0.134. The molecule has 4 nitrogen and oxygen atoms in total. The molecule has 1 saturated heterocycles. The molecule has 0 saturated carbocycles. The van der Waals surface area contributed by atoms with E-state index in [4.69, 9.17) is 5.11 Å². The predicted molar refractivity (Wildman–Crippen MR) is 74.8 cm³/mol. The molecular formula is C15H25NO3. The van der Waals surface area contributed by atoms with E-state index in [0.717, 1.165) is 25.9 Å². The average molecular weight is 267 g/mol. The van der Waals surface area contributed by atoms with Crippen molar-refractivity contribution in [2.75, 3.05) is 13.1 Å². The second-order valence-electron chi connectivity index (χ2n) is 6.49. The van der Waals surface area contributed by atoms with E-state index in [2.05, 4.69) is 20.8 Å². The van der Waals surface area contributed by atoms with Crippen molar-refractivity contribution in [3.05, 3.63) is 11.1 Å². The van der Waals surface area contributed by atoms with E-state index >= 15 is 0 Å². The second-order valence-corrected chi connectivity index (χ2v) is 6.49. The van der Waals surface area contributed by atoms with Gasteiger partial charge < -0.3 is 10.0 Å². The standard InChI is InChI=1S/C15H25NO3/c1-10(11(2)14(18)19)13(17)16-8-6-12(7-9-16)15(3,4)5/h12H,6-9H2,1-5H3,(H,18,19). The molecule has 1 rings (SSSR count). The Morgan fingerprint density at radius 3 is 1.89 bits per heavy atom. The van der Waals surface area contributed by atoms with Gasteiger partial charge in [-0.3, -0.25) is 4.79 Å². The second kappa shape index (κ2) is 5.76. The van der Waals surface area contributed by atoms with Crippen molar-refractivity contribution < 1.29 is 14.7 Å². The third kappa shape index (κ3) is 3.82. The van der Waals surface area contributed by atoms with Crippen LogP contribution in [-0.4, -0.2) is 35.0 Å². The zero-order chi connectivity index (χ0) is 14.8. The number of hydrogen-bond acceptors (Lipinski definition) is 2. The van der Waals surface area contributed by atoms with Crippen LogP contribution >= 0.6 is 0 Å². The van der Waals surface area contributed by atoms with E-state index in [9.17, 15) is 9.59 Å². The molecule has 1 aliphatic rings. The Morgan fingerprint density at radius 1 is 1.05 bits per heavy atom. The molecule has 0 aromatic carbocycles. The number of carbonyl (C=O) groups excluding carboxylic acids is 1. The highest BCUT2D eigenvalue weighted by molar-refractivity contribution is 6.01. The van der Waals surface area contributed by atoms with Crippen LogP contribution in [0.2, 0.25) is 0 Å². The van der Waals surface area contributed by atoms with Crippen molar-refractivity contribution in [1.29, 1.82) is 0 Å². The number of likely N-dealkylation sites (tertiary alicyclic amines) is 1. The molecule has 0 spiro atoms. The molecular weight excluding hydrogens is 242 g/mol. The van der Waals surface area contributed by atoms with Gasteiger partial charge in [0.25, 0.3) is 0 Å². The number of piperidine rings is 1. The Kier molecular flexibility index (Phi) is 4.77. The van der Waals surface area contributed by atoms with Crippen molar-refractivity contribution in [2.24, 2.45) is 11.3 Å². The number of aliphatic carboxylic acids is 1. The third-order valence-electron chi connectivity index (χ3n) is 4.21. The van der Waals surface area contributed by atoms with Crippen molar-refractivity contribution in [3.63, 3.8) is 0 Å². The molecule has 1 aliphatic heterocycles. The number of carbonyl (C=O) groups is 2. The van der Waals surface area contributed by atoms with Crippen LogP contribution in [0.3, 0.4) is 0 Å². The first kappa shape index (κ1) is 15.7. The average Bonchev–Trinajstić information content (AvgIpc) is 2.35. The summed E-state index contributed by atoms with van der Waals surface area (Å²) in [5, 5.41) is 8.92. The third-order valence-corrected chi connectivity index (χ3v) is 4.21. The number of carboxylic acid groups (broad SMARTS) is 1. The highest BCUT2D eigenvalue weighted by Gasteiger charge is 2.31. The van der Waals surface area contributed by atoms with Crippen LogP contribution in [0.4, 0.5) is 0 Å². The number of rotatable bonds is 2. The first-order valence-electron chi connectivity index (χ1n) is 6.84. The molecule has 1 N–H and O–H groups in total. The summed E-state index contributed by atoms with van der Waals surface area (Å²) in [7, 11) is 0. The normalized spacial score (nSPS) is 19.1. The molecule has 0 aromatic heterocycles. The lowest BCUT2D eigenvalue weighted by Gasteiger charge is -2.39. The molecule has 1 heterocycles. The summed E-state index contributed by atoms with van der Waals surface area (Å²) in [4.78, 5) is 24.9. The maximum absolute atomic E-state index is 12.2. The molecule has 1 fully saturated rings. The summed E-state index contributed by atoms with van der Waals surface area (Å²) in [5.41, 5.74) is 0.765. The number of amides is 1. The van der Waals surface area contributed by atoms with E-state index in [0.29, 0.717) is 11.5 Å². The lowest BCUT2D eigenvalue weighted by atomic mass is 9.75. The van der Waals surface area contributed by atoms with Gasteiger partial charge in [-0.2, -0.15) is 0 Å². The largest absolute Gasteiger partial charge is 0.478 e. The Balaban J connectivity index is 2.69. The summed E-state index contributed by atoms with van der Waals surface area (Å²) >= 11 is 0. The summed E-state index contributed by atoms with van der Waals surface area (Å²) in [6, 6.07) is 0. The van der Waals surface area contributed by atoms with E-state index in [-0.39, 0.29) is 16.9 Å². The Morgan fingerprint density at radius 2 is 1.53 bits per heavy atom. The van der Waals surface area contributed by atoms with E-state index in [1.807, 2.05) is 0 Å². The monoisotopic (exact) mass is 267 g/mol. The number of hydrogen-bond donors (Lipinski definition) is 1. The zero-order valence-corrected chi connectivity index (χ0v) is 12.6. The van der Waals surface area contributed by atoms with Crippen LogP contribution in [0.5, 0.6) is 0 Å². The van der Waals surface area contributed by atoms with Crippen molar-refractivity contribution in [2.45, 2.75) is 47.5 Å². The van der Waals surface area contributed by atoms with Crippen molar-refractivity contribution in [1.82, 2.24) is 4.90 Å². The fourth-order valence-corrected chi connectivity index (χ4v) is 2.51. The maximum Gasteiger partial charge on any atom is 0.331 e. The molecule has 19 heavy (non-hydrogen) atoms. The number of nitrogens with zero attached hydrogens (tertiary/aromatic N) is 1. The van der Waals surface area contributed by atoms with Gasteiger partial charge in [0.15, 0.2) is 0 Å². The van der Waals surface area contributed by atoms with Crippen LogP contribution in [0.15, 0.2) is 11.1 Å². The van der Waals surface area contributed by atoms with Gasteiger partial charge in [0.05, 0.1) is 0 Å².